The molecule has 9 aromatic heterocycles. The molecule has 0 aromatic carbocycles. The molecule has 3 fully saturated rings. The highest BCUT2D eigenvalue weighted by Crippen LogP contribution is 2.33. The highest BCUT2D eigenvalue weighted by Gasteiger charge is 2.41. The van der Waals surface area contributed by atoms with Gasteiger partial charge >= 0.3 is 0 Å². The third kappa shape index (κ3) is 12.2. The van der Waals surface area contributed by atoms with Crippen LogP contribution in [-0.2, 0) is 0 Å². The minimum absolute atomic E-state index is 0. The average Bonchev–Trinajstić information content (AvgIpc) is 1.47. The number of anilines is 3. The number of nitrogens with one attached hydrogen (secondary N) is 6. The summed E-state index contributed by atoms with van der Waals surface area (Å²) in [6.45, 7) is 24.2. The van der Waals surface area contributed by atoms with Gasteiger partial charge in [0.1, 0.15) is 28.8 Å². The maximum atomic E-state index is 14.6. The lowest BCUT2D eigenvalue weighted by atomic mass is 9.84. The van der Waals surface area contributed by atoms with Crippen molar-refractivity contribution in [2.75, 3.05) is 73.6 Å². The van der Waals surface area contributed by atoms with Gasteiger partial charge in [-0.2, -0.15) is 15.3 Å². The van der Waals surface area contributed by atoms with E-state index in [0.29, 0.717) is 59.6 Å². The standard InChI is InChI=1S/2C20H25FN6O.C20H26N6O.9H2/c2*1-12(2)20(3,28)15-11-27(10-9-22-15)16-7-6-14(21)18(24-16)17-13-5-4-8-23-19(13)26-25-17;1-13(2)20(3,27)16-12-26(11-10-21-16)17-8-4-7-15(23-17)18-14-6-5-9-22-19(14)25-24-18;;;;;;;;;/h2*4-8,12,15,22,28H,9-11H2,1-3H3,(H,23,25,26);4-9,13,16,21,27H,10-12H2,1-3H3,(H,22,24,25);9*1H. The molecule has 3 aliphatic heterocycles. The van der Waals surface area contributed by atoms with Crippen LogP contribution < -0.4 is 30.7 Å². The second-order valence-electron chi connectivity index (χ2n) is 23.3. The summed E-state index contributed by atoms with van der Waals surface area (Å²) in [5.41, 5.74) is 2.45. The molecule has 0 bridgehead atoms. The van der Waals surface area contributed by atoms with E-state index < -0.39 is 28.4 Å². The van der Waals surface area contributed by atoms with E-state index in [1.807, 2.05) is 90.9 Å². The fourth-order valence-corrected chi connectivity index (χ4v) is 10.7. The van der Waals surface area contributed by atoms with Crippen LogP contribution >= 0.6 is 0 Å². The van der Waals surface area contributed by atoms with Crippen molar-refractivity contribution in [3.05, 3.63) is 109 Å². The first-order chi connectivity index (χ1) is 39.7. The lowest BCUT2D eigenvalue weighted by molar-refractivity contribution is -0.0233. The molecule has 456 valence electrons. The SMILES string of the molecule is CC(C)C(C)(O)C1CN(c2ccc(F)c(-c3[nH]nc4ncccc34)n2)CCN1.CC(C)C(C)(O)C1CN(c2ccc(F)c(-c3[nH]nc4ncccc34)n2)CCN1.CC(C)C(C)(O)C1CN(c2cccc(-c3[nH]nc4ncccc34)n2)CCN1.[HH].[HH].[HH].[HH].[HH].[HH].[HH].[HH].[HH]. The zero-order chi connectivity index (χ0) is 58.8. The summed E-state index contributed by atoms with van der Waals surface area (Å²) >= 11 is 0. The fourth-order valence-electron chi connectivity index (χ4n) is 10.7. The summed E-state index contributed by atoms with van der Waals surface area (Å²) in [5, 5.41) is 66.6. The highest BCUT2D eigenvalue weighted by atomic mass is 19.1. The van der Waals surface area contributed by atoms with Crippen LogP contribution in [0.25, 0.3) is 67.3 Å². The summed E-state index contributed by atoms with van der Waals surface area (Å²) in [7, 11) is 0. The van der Waals surface area contributed by atoms with Crippen molar-refractivity contribution in [3.63, 3.8) is 0 Å². The Morgan fingerprint density at radius 3 is 1.19 bits per heavy atom. The summed E-state index contributed by atoms with van der Waals surface area (Å²) in [4.78, 5) is 33.1. The Hall–Kier alpha value is -7.67. The van der Waals surface area contributed by atoms with Gasteiger partial charge in [-0.05, 0) is 111 Å². The molecule has 0 amide bonds. The smallest absolute Gasteiger partial charge is 0.181 e. The summed E-state index contributed by atoms with van der Waals surface area (Å²) in [5.74, 6) is 1.79. The van der Waals surface area contributed by atoms with Crippen molar-refractivity contribution in [3.8, 4) is 34.2 Å². The number of aromatic nitrogens is 12. The van der Waals surface area contributed by atoms with E-state index in [0.717, 1.165) is 72.6 Å². The van der Waals surface area contributed by atoms with E-state index in [4.69, 9.17) is 4.98 Å². The molecule has 0 saturated carbocycles. The summed E-state index contributed by atoms with van der Waals surface area (Å²) < 4.78 is 29.2. The zero-order valence-electron chi connectivity index (χ0n) is 48.5. The van der Waals surface area contributed by atoms with Gasteiger partial charge in [-0.3, -0.25) is 15.3 Å². The first-order valence-corrected chi connectivity index (χ1v) is 28.5. The van der Waals surface area contributed by atoms with E-state index >= 15 is 0 Å². The van der Waals surface area contributed by atoms with Crippen molar-refractivity contribution in [1.29, 1.82) is 0 Å². The third-order valence-electron chi connectivity index (χ3n) is 17.2. The number of aromatic amines is 3. The predicted molar refractivity (Wildman–Crippen MR) is 339 cm³/mol. The average molecular weight is 1150 g/mol. The molecule has 83 heavy (non-hydrogen) atoms. The number of nitrogens with zero attached hydrogens (tertiary/aromatic N) is 12. The molecule has 3 aliphatic rings. The Kier molecular flexibility index (Phi) is 17.1. The van der Waals surface area contributed by atoms with Gasteiger partial charge in [-0.25, -0.2) is 38.7 Å². The molecule has 12 rings (SSSR count). The molecular formula is C60H94F2N18O3. The van der Waals surface area contributed by atoms with Gasteiger partial charge < -0.3 is 46.0 Å². The van der Waals surface area contributed by atoms with Gasteiger partial charge in [0.2, 0.25) is 0 Å². The number of piperazine rings is 3. The Labute approximate surface area is 494 Å². The van der Waals surface area contributed by atoms with Crippen molar-refractivity contribution < 1.29 is 36.9 Å². The van der Waals surface area contributed by atoms with Crippen LogP contribution in [0.4, 0.5) is 26.2 Å². The molecule has 0 aliphatic carbocycles. The van der Waals surface area contributed by atoms with Crippen LogP contribution in [0.2, 0.25) is 0 Å². The van der Waals surface area contributed by atoms with Crippen LogP contribution in [0.3, 0.4) is 0 Å². The number of halogens is 2. The molecular weight excluding hydrogens is 1060 g/mol. The second-order valence-corrected chi connectivity index (χ2v) is 23.3. The number of hydrogen-bond donors (Lipinski definition) is 9. The quantitative estimate of drug-likeness (QED) is 0.0552. The maximum Gasteiger partial charge on any atom is 0.181 e. The Bertz CT molecular complexity index is 3540. The molecule has 0 radical (unpaired) electrons. The van der Waals surface area contributed by atoms with Crippen molar-refractivity contribution in [2.24, 2.45) is 17.8 Å². The maximum absolute atomic E-state index is 14.6. The molecule has 6 unspecified atom stereocenters. The van der Waals surface area contributed by atoms with Crippen LogP contribution in [0.5, 0.6) is 0 Å². The Morgan fingerprint density at radius 1 is 0.470 bits per heavy atom. The van der Waals surface area contributed by atoms with E-state index in [-0.39, 0.29) is 60.1 Å². The summed E-state index contributed by atoms with van der Waals surface area (Å²) in [6.07, 6.45) is 5.03. The Balaban J connectivity index is 0.000000658. The van der Waals surface area contributed by atoms with E-state index in [1.165, 1.54) is 12.1 Å². The van der Waals surface area contributed by atoms with Gasteiger partial charge in [0, 0.05) is 106 Å². The zero-order valence-corrected chi connectivity index (χ0v) is 48.5. The van der Waals surface area contributed by atoms with Crippen molar-refractivity contribution in [2.45, 2.75) is 97.2 Å². The number of H-pyrrole nitrogens is 3. The van der Waals surface area contributed by atoms with E-state index in [2.05, 4.69) is 100 Å². The van der Waals surface area contributed by atoms with Gasteiger partial charge in [0.15, 0.2) is 28.6 Å². The van der Waals surface area contributed by atoms with Gasteiger partial charge in [0.25, 0.3) is 0 Å². The van der Waals surface area contributed by atoms with Crippen LogP contribution in [0, 0.1) is 29.4 Å². The molecule has 23 heteroatoms. The normalized spacial score (nSPS) is 20.0. The number of aliphatic hydroxyl groups is 3. The second kappa shape index (κ2) is 24.3. The molecule has 12 heterocycles. The first-order valence-electron chi connectivity index (χ1n) is 28.5. The minimum atomic E-state index is -0.854. The largest absolute Gasteiger partial charge is 0.388 e. The number of hydrogen-bond acceptors (Lipinski definition) is 18. The highest BCUT2D eigenvalue weighted by molar-refractivity contribution is 5.91. The Morgan fingerprint density at radius 2 is 0.819 bits per heavy atom. The monoisotopic (exact) mass is 1150 g/mol. The lowest BCUT2D eigenvalue weighted by Gasteiger charge is -2.43. The topological polar surface area (TPSA) is 270 Å². The van der Waals surface area contributed by atoms with Crippen LogP contribution in [0.1, 0.15) is 75.2 Å². The fraction of sp³-hybridized carbons (Fsp3) is 0.450. The molecule has 3 saturated heterocycles. The molecule has 9 aromatic rings. The van der Waals surface area contributed by atoms with Crippen molar-refractivity contribution >= 4 is 50.6 Å². The minimum Gasteiger partial charge on any atom is -0.388 e. The van der Waals surface area contributed by atoms with Gasteiger partial charge in [-0.15, -0.1) is 0 Å². The number of rotatable bonds is 12. The van der Waals surface area contributed by atoms with Crippen LogP contribution in [-0.4, -0.2) is 170 Å². The van der Waals surface area contributed by atoms with Crippen molar-refractivity contribution in [1.82, 2.24) is 76.4 Å². The number of fused-ring (bicyclic) bond motifs is 3. The molecule has 0 spiro atoms. The van der Waals surface area contributed by atoms with E-state index in [9.17, 15) is 24.1 Å². The predicted octanol–water partition coefficient (Wildman–Crippen LogP) is 9.11. The van der Waals surface area contributed by atoms with E-state index in [1.54, 1.807) is 42.9 Å². The molecule has 6 atom stereocenters. The third-order valence-corrected chi connectivity index (χ3v) is 17.2. The molecule has 21 nitrogen and oxygen atoms in total. The van der Waals surface area contributed by atoms with Crippen LogP contribution in [0.15, 0.2) is 97.5 Å². The summed E-state index contributed by atoms with van der Waals surface area (Å²) in [6, 6.07) is 23.2. The molecule has 9 N–H and O–H groups in total. The lowest BCUT2D eigenvalue weighted by Crippen LogP contribution is -2.62. The van der Waals surface area contributed by atoms with Gasteiger partial charge in [-0.1, -0.05) is 47.6 Å². The first kappa shape index (κ1) is 58.5. The van der Waals surface area contributed by atoms with Gasteiger partial charge in [0.05, 0.1) is 57.7 Å². The number of pyridine rings is 6.